The predicted molar refractivity (Wildman–Crippen MR) is 58.9 cm³/mol. The van der Waals surface area contributed by atoms with Crippen LogP contribution < -0.4 is 4.90 Å². The minimum atomic E-state index is 0.628. The van der Waals surface area contributed by atoms with Crippen molar-refractivity contribution < 1.29 is 0 Å². The van der Waals surface area contributed by atoms with E-state index >= 15 is 0 Å². The van der Waals surface area contributed by atoms with Gasteiger partial charge in [-0.1, -0.05) is 0 Å². The van der Waals surface area contributed by atoms with E-state index in [0.717, 1.165) is 24.6 Å². The van der Waals surface area contributed by atoms with E-state index in [9.17, 15) is 0 Å². The van der Waals surface area contributed by atoms with Gasteiger partial charge in [-0.2, -0.15) is 0 Å². The number of aryl methyl sites for hydroxylation is 1. The van der Waals surface area contributed by atoms with Crippen LogP contribution in [0.1, 0.15) is 12.0 Å². The summed E-state index contributed by atoms with van der Waals surface area (Å²) < 4.78 is 0. The molecule has 3 rings (SSSR count). The number of likely N-dealkylation sites (N-methyl/N-ethyl adjacent to an activating group) is 1. The van der Waals surface area contributed by atoms with Crippen molar-refractivity contribution >= 4 is 5.95 Å². The van der Waals surface area contributed by atoms with Crippen molar-refractivity contribution in [2.24, 2.45) is 0 Å². The monoisotopic (exact) mass is 204 g/mol. The van der Waals surface area contributed by atoms with Crippen molar-refractivity contribution in [2.75, 3.05) is 25.0 Å². The van der Waals surface area contributed by atoms with Gasteiger partial charge in [-0.25, -0.2) is 9.97 Å². The first kappa shape index (κ1) is 9.09. The van der Waals surface area contributed by atoms with E-state index in [4.69, 9.17) is 0 Å². The summed E-state index contributed by atoms with van der Waals surface area (Å²) in [6.07, 6.45) is 5.07. The second-order valence-corrected chi connectivity index (χ2v) is 4.70. The van der Waals surface area contributed by atoms with Gasteiger partial charge in [-0.15, -0.1) is 0 Å². The molecule has 4 heteroatoms. The van der Waals surface area contributed by atoms with Gasteiger partial charge < -0.3 is 4.90 Å². The van der Waals surface area contributed by atoms with Crippen molar-refractivity contribution in [2.45, 2.75) is 25.4 Å². The molecule has 3 heterocycles. The molecule has 15 heavy (non-hydrogen) atoms. The van der Waals surface area contributed by atoms with Crippen LogP contribution in [0, 0.1) is 6.92 Å². The minimum Gasteiger partial charge on any atom is -0.335 e. The molecule has 2 bridgehead atoms. The van der Waals surface area contributed by atoms with E-state index in [0.29, 0.717) is 12.1 Å². The van der Waals surface area contributed by atoms with Gasteiger partial charge in [0.25, 0.3) is 0 Å². The number of fused-ring (bicyclic) bond motifs is 2. The molecular weight excluding hydrogens is 188 g/mol. The lowest BCUT2D eigenvalue weighted by atomic mass is 10.2. The van der Waals surface area contributed by atoms with Gasteiger partial charge >= 0.3 is 0 Å². The Balaban J connectivity index is 1.83. The average molecular weight is 204 g/mol. The molecule has 2 unspecified atom stereocenters. The molecule has 0 N–H and O–H groups in total. The first-order valence-corrected chi connectivity index (χ1v) is 5.49. The van der Waals surface area contributed by atoms with Gasteiger partial charge in [0.05, 0.1) is 0 Å². The summed E-state index contributed by atoms with van der Waals surface area (Å²) in [7, 11) is 2.21. The molecule has 0 amide bonds. The fourth-order valence-corrected chi connectivity index (χ4v) is 2.64. The fourth-order valence-electron chi connectivity index (χ4n) is 2.64. The lowest BCUT2D eigenvalue weighted by molar-refractivity contribution is 0.291. The number of aromatic nitrogens is 2. The number of anilines is 1. The number of nitrogens with zero attached hydrogens (tertiary/aromatic N) is 4. The molecule has 0 radical (unpaired) electrons. The lowest BCUT2D eigenvalue weighted by Crippen LogP contribution is -2.45. The molecule has 2 saturated heterocycles. The molecule has 1 aromatic rings. The fraction of sp³-hybridized carbons (Fsp3) is 0.636. The first-order chi connectivity index (χ1) is 7.24. The van der Waals surface area contributed by atoms with Gasteiger partial charge in [0, 0.05) is 37.6 Å². The summed E-state index contributed by atoms with van der Waals surface area (Å²) in [6, 6.07) is 1.34. The zero-order valence-corrected chi connectivity index (χ0v) is 9.22. The second kappa shape index (κ2) is 3.17. The molecule has 0 spiro atoms. The third kappa shape index (κ3) is 1.40. The predicted octanol–water partition coefficient (Wildman–Crippen LogP) is 0.678. The molecule has 2 aliphatic heterocycles. The largest absolute Gasteiger partial charge is 0.335 e. The van der Waals surface area contributed by atoms with Crippen LogP contribution in [0.15, 0.2) is 12.4 Å². The standard InChI is InChI=1S/C11H16N4/c1-8-4-12-11(13-5-8)15-7-9-3-10(15)6-14(9)2/h4-5,9-10H,3,6-7H2,1-2H3. The van der Waals surface area contributed by atoms with Crippen LogP contribution in [0.5, 0.6) is 0 Å². The zero-order chi connectivity index (χ0) is 10.4. The van der Waals surface area contributed by atoms with Crippen molar-refractivity contribution in [3.05, 3.63) is 18.0 Å². The van der Waals surface area contributed by atoms with E-state index in [1.807, 2.05) is 19.3 Å². The molecule has 80 valence electrons. The topological polar surface area (TPSA) is 32.3 Å². The van der Waals surface area contributed by atoms with Crippen molar-refractivity contribution in [1.29, 1.82) is 0 Å². The highest BCUT2D eigenvalue weighted by Crippen LogP contribution is 2.31. The van der Waals surface area contributed by atoms with E-state index < -0.39 is 0 Å². The Bertz CT molecular complexity index is 359. The van der Waals surface area contributed by atoms with Crippen LogP contribution >= 0.6 is 0 Å². The van der Waals surface area contributed by atoms with Gasteiger partial charge in [0.2, 0.25) is 5.95 Å². The Morgan fingerprint density at radius 1 is 1.20 bits per heavy atom. The zero-order valence-electron chi connectivity index (χ0n) is 9.22. The normalized spacial score (nSPS) is 30.1. The third-order valence-electron chi connectivity index (χ3n) is 3.54. The molecule has 2 atom stereocenters. The molecular formula is C11H16N4. The highest BCUT2D eigenvalue weighted by atomic mass is 15.4. The molecule has 2 fully saturated rings. The van der Waals surface area contributed by atoms with Crippen LogP contribution in [0.2, 0.25) is 0 Å². The van der Waals surface area contributed by atoms with Crippen molar-refractivity contribution in [3.8, 4) is 0 Å². The molecule has 0 aromatic carbocycles. The maximum atomic E-state index is 4.40. The third-order valence-corrected chi connectivity index (χ3v) is 3.54. The molecule has 4 nitrogen and oxygen atoms in total. The van der Waals surface area contributed by atoms with E-state index in [1.54, 1.807) is 0 Å². The quantitative estimate of drug-likeness (QED) is 0.673. The second-order valence-electron chi connectivity index (χ2n) is 4.70. The number of hydrogen-bond acceptors (Lipinski definition) is 4. The Labute approximate surface area is 89.9 Å². The molecule has 1 aromatic heterocycles. The molecule has 2 aliphatic rings. The summed E-state index contributed by atoms with van der Waals surface area (Å²) >= 11 is 0. The van der Waals surface area contributed by atoms with Crippen molar-refractivity contribution in [3.63, 3.8) is 0 Å². The summed E-state index contributed by atoms with van der Waals surface area (Å²) in [4.78, 5) is 13.6. The highest BCUT2D eigenvalue weighted by molar-refractivity contribution is 5.36. The van der Waals surface area contributed by atoms with Gasteiger partial charge in [-0.05, 0) is 26.0 Å². The summed E-state index contributed by atoms with van der Waals surface area (Å²) in [5.41, 5.74) is 1.13. The SMILES string of the molecule is Cc1cnc(N2CC3CC2CN3C)nc1. The molecule has 0 aliphatic carbocycles. The van der Waals surface area contributed by atoms with Gasteiger partial charge in [-0.3, -0.25) is 4.90 Å². The average Bonchev–Trinajstić information content (AvgIpc) is 2.77. The van der Waals surface area contributed by atoms with Gasteiger partial charge in [0.1, 0.15) is 0 Å². The van der Waals surface area contributed by atoms with Crippen LogP contribution in [-0.4, -0.2) is 47.1 Å². The van der Waals surface area contributed by atoms with Crippen LogP contribution in [0.25, 0.3) is 0 Å². The lowest BCUT2D eigenvalue weighted by Gasteiger charge is -2.31. The van der Waals surface area contributed by atoms with Gasteiger partial charge in [0.15, 0.2) is 0 Å². The van der Waals surface area contributed by atoms with E-state index in [1.165, 1.54) is 6.42 Å². The Morgan fingerprint density at radius 2 is 1.93 bits per heavy atom. The van der Waals surface area contributed by atoms with Crippen LogP contribution in [-0.2, 0) is 0 Å². The Morgan fingerprint density at radius 3 is 2.47 bits per heavy atom. The highest BCUT2D eigenvalue weighted by Gasteiger charge is 2.42. The first-order valence-electron chi connectivity index (χ1n) is 5.49. The van der Waals surface area contributed by atoms with E-state index in [2.05, 4.69) is 26.8 Å². The van der Waals surface area contributed by atoms with Crippen molar-refractivity contribution in [1.82, 2.24) is 14.9 Å². The Kier molecular flexibility index (Phi) is 1.92. The number of rotatable bonds is 1. The summed E-state index contributed by atoms with van der Waals surface area (Å²) in [5, 5.41) is 0. The number of hydrogen-bond donors (Lipinski definition) is 0. The maximum absolute atomic E-state index is 4.40. The summed E-state index contributed by atoms with van der Waals surface area (Å²) in [5.74, 6) is 0.904. The number of piperazine rings is 1. The maximum Gasteiger partial charge on any atom is 0.225 e. The summed E-state index contributed by atoms with van der Waals surface area (Å²) in [6.45, 7) is 4.26. The van der Waals surface area contributed by atoms with Crippen LogP contribution in [0.4, 0.5) is 5.95 Å². The molecule has 0 saturated carbocycles. The smallest absolute Gasteiger partial charge is 0.225 e. The van der Waals surface area contributed by atoms with E-state index in [-0.39, 0.29) is 0 Å². The number of likely N-dealkylation sites (tertiary alicyclic amines) is 1. The minimum absolute atomic E-state index is 0.628. The van der Waals surface area contributed by atoms with Crippen LogP contribution in [0.3, 0.4) is 0 Å². The Hall–Kier alpha value is -1.16.